The van der Waals surface area contributed by atoms with Gasteiger partial charge in [0.1, 0.15) is 0 Å². The van der Waals surface area contributed by atoms with Gasteiger partial charge in [0.25, 0.3) is 0 Å². The molecule has 0 aromatic heterocycles. The third kappa shape index (κ3) is 4.14. The Morgan fingerprint density at radius 3 is 2.32 bits per heavy atom. The van der Waals surface area contributed by atoms with Crippen LogP contribution in [-0.4, -0.2) is 30.3 Å². The van der Waals surface area contributed by atoms with E-state index in [1.807, 2.05) is 51.1 Å². The first-order valence-corrected chi connectivity index (χ1v) is 9.45. The van der Waals surface area contributed by atoms with Gasteiger partial charge in [0, 0.05) is 24.2 Å². The topological polar surface area (TPSA) is 63.7 Å². The molecule has 5 heteroatoms. The molecule has 1 saturated heterocycles. The van der Waals surface area contributed by atoms with Gasteiger partial charge in [0.15, 0.2) is 6.10 Å². The molecule has 0 saturated carbocycles. The predicted molar refractivity (Wildman–Crippen MR) is 107 cm³/mol. The van der Waals surface area contributed by atoms with Gasteiger partial charge < -0.3 is 9.64 Å². The molecule has 1 aliphatic heterocycles. The van der Waals surface area contributed by atoms with Crippen LogP contribution in [0.25, 0.3) is 0 Å². The first-order valence-electron chi connectivity index (χ1n) is 9.45. The number of hydrogen-bond donors (Lipinski definition) is 0. The second-order valence-corrected chi connectivity index (χ2v) is 7.50. The molecule has 28 heavy (non-hydrogen) atoms. The molecule has 1 amide bonds. The minimum Gasteiger partial charge on any atom is -0.454 e. The Bertz CT molecular complexity index is 917. The first-order chi connectivity index (χ1) is 13.3. The number of carbonyl (C=O) groups is 3. The van der Waals surface area contributed by atoms with E-state index in [0.29, 0.717) is 5.56 Å². The lowest BCUT2D eigenvalue weighted by atomic mass is 10.1. The summed E-state index contributed by atoms with van der Waals surface area (Å²) in [5.41, 5.74) is 4.48. The maximum absolute atomic E-state index is 12.6. The van der Waals surface area contributed by atoms with E-state index in [4.69, 9.17) is 4.74 Å². The number of carbonyl (C=O) groups excluding carboxylic acids is 3. The Hall–Kier alpha value is -2.95. The number of esters is 1. The van der Waals surface area contributed by atoms with E-state index in [9.17, 15) is 14.4 Å². The molecule has 0 N–H and O–H groups in total. The Labute approximate surface area is 165 Å². The van der Waals surface area contributed by atoms with Crippen LogP contribution in [0.1, 0.15) is 40.4 Å². The van der Waals surface area contributed by atoms with E-state index in [-0.39, 0.29) is 24.7 Å². The van der Waals surface area contributed by atoms with Crippen LogP contribution in [0.3, 0.4) is 0 Å². The maximum atomic E-state index is 12.6. The Morgan fingerprint density at radius 2 is 1.68 bits per heavy atom. The quantitative estimate of drug-likeness (QED) is 0.586. The lowest BCUT2D eigenvalue weighted by Gasteiger charge is -2.20. The van der Waals surface area contributed by atoms with Gasteiger partial charge in [-0.25, -0.2) is 0 Å². The molecule has 1 heterocycles. The van der Waals surface area contributed by atoms with Gasteiger partial charge >= 0.3 is 5.97 Å². The number of Topliss-reactive ketones (excluding diaryl/α,β-unsaturated/α-hetero) is 1. The van der Waals surface area contributed by atoms with Crippen LogP contribution >= 0.6 is 0 Å². The van der Waals surface area contributed by atoms with Crippen LogP contribution in [0.15, 0.2) is 42.5 Å². The van der Waals surface area contributed by atoms with Crippen molar-refractivity contribution in [3.63, 3.8) is 0 Å². The van der Waals surface area contributed by atoms with Crippen molar-refractivity contribution < 1.29 is 19.1 Å². The van der Waals surface area contributed by atoms with Crippen LogP contribution < -0.4 is 4.90 Å². The monoisotopic (exact) mass is 379 g/mol. The predicted octanol–water partition coefficient (Wildman–Crippen LogP) is 3.78. The van der Waals surface area contributed by atoms with Crippen LogP contribution in [-0.2, 0) is 14.3 Å². The number of ketones is 1. The highest BCUT2D eigenvalue weighted by atomic mass is 16.5. The number of rotatable bonds is 5. The largest absolute Gasteiger partial charge is 0.454 e. The molecule has 0 spiro atoms. The Kier molecular flexibility index (Phi) is 5.63. The summed E-state index contributed by atoms with van der Waals surface area (Å²) in [4.78, 5) is 39.1. The van der Waals surface area contributed by atoms with Gasteiger partial charge in [-0.1, -0.05) is 47.5 Å². The van der Waals surface area contributed by atoms with Crippen molar-refractivity contribution in [2.24, 2.45) is 5.92 Å². The molecule has 2 aromatic rings. The minimum atomic E-state index is -0.888. The lowest BCUT2D eigenvalue weighted by Crippen LogP contribution is -2.30. The molecule has 2 aromatic carbocycles. The summed E-state index contributed by atoms with van der Waals surface area (Å²) in [6, 6.07) is 13.0. The zero-order chi connectivity index (χ0) is 20.4. The van der Waals surface area contributed by atoms with Gasteiger partial charge in [-0.05, 0) is 39.3 Å². The van der Waals surface area contributed by atoms with Gasteiger partial charge in [-0.2, -0.15) is 0 Å². The third-order valence-corrected chi connectivity index (χ3v) is 5.10. The summed E-state index contributed by atoms with van der Waals surface area (Å²) < 4.78 is 5.40. The number of hydrogen-bond acceptors (Lipinski definition) is 4. The van der Waals surface area contributed by atoms with Crippen molar-refractivity contribution in [1.82, 2.24) is 0 Å². The molecular formula is C23H25NO4. The van der Waals surface area contributed by atoms with E-state index < -0.39 is 18.0 Å². The van der Waals surface area contributed by atoms with Crippen LogP contribution in [0.5, 0.6) is 0 Å². The number of aryl methyl sites for hydroxylation is 3. The van der Waals surface area contributed by atoms with Crippen molar-refractivity contribution in [2.75, 3.05) is 11.4 Å². The number of ether oxygens (including phenoxy) is 1. The van der Waals surface area contributed by atoms with Crippen LogP contribution in [0.4, 0.5) is 5.69 Å². The van der Waals surface area contributed by atoms with E-state index in [0.717, 1.165) is 22.4 Å². The zero-order valence-electron chi connectivity index (χ0n) is 16.7. The Balaban J connectivity index is 1.65. The van der Waals surface area contributed by atoms with Crippen molar-refractivity contribution in [3.8, 4) is 0 Å². The molecule has 0 bridgehead atoms. The van der Waals surface area contributed by atoms with Crippen molar-refractivity contribution >= 4 is 23.3 Å². The lowest BCUT2D eigenvalue weighted by molar-refractivity contribution is -0.151. The minimum absolute atomic E-state index is 0.0948. The smallest absolute Gasteiger partial charge is 0.312 e. The summed E-state index contributed by atoms with van der Waals surface area (Å²) in [5.74, 6) is -1.43. The summed E-state index contributed by atoms with van der Waals surface area (Å²) in [7, 11) is 0. The number of benzene rings is 2. The SMILES string of the molecule is Cc1ccc(C(=O)[C@H](C)OC(=O)[C@H]2CC(=O)N(c3ccc(C)cc3C)C2)cc1. The molecule has 1 aliphatic rings. The average molecular weight is 379 g/mol. The first kappa shape index (κ1) is 19.8. The van der Waals surface area contributed by atoms with E-state index in [1.165, 1.54) is 0 Å². The van der Waals surface area contributed by atoms with Crippen LogP contribution in [0.2, 0.25) is 0 Å². The number of amides is 1. The third-order valence-electron chi connectivity index (χ3n) is 5.10. The highest BCUT2D eigenvalue weighted by molar-refractivity contribution is 6.02. The summed E-state index contributed by atoms with van der Waals surface area (Å²) in [6.07, 6.45) is -0.794. The fourth-order valence-corrected chi connectivity index (χ4v) is 3.48. The molecule has 3 rings (SSSR count). The molecule has 0 unspecified atom stereocenters. The van der Waals surface area contributed by atoms with Crippen LogP contribution in [0, 0.1) is 26.7 Å². The highest BCUT2D eigenvalue weighted by Crippen LogP contribution is 2.29. The molecule has 2 atom stereocenters. The molecule has 0 radical (unpaired) electrons. The van der Waals surface area contributed by atoms with E-state index >= 15 is 0 Å². The van der Waals surface area contributed by atoms with Crippen molar-refractivity contribution in [1.29, 1.82) is 0 Å². The number of anilines is 1. The summed E-state index contributed by atoms with van der Waals surface area (Å²) >= 11 is 0. The van der Waals surface area contributed by atoms with Gasteiger partial charge in [-0.3, -0.25) is 14.4 Å². The molecule has 5 nitrogen and oxygen atoms in total. The summed E-state index contributed by atoms with van der Waals surface area (Å²) in [5, 5.41) is 0. The molecule has 0 aliphatic carbocycles. The van der Waals surface area contributed by atoms with Crippen molar-refractivity contribution in [3.05, 3.63) is 64.7 Å². The fraction of sp³-hybridized carbons (Fsp3) is 0.348. The average Bonchev–Trinajstić information content (AvgIpc) is 3.03. The second kappa shape index (κ2) is 7.97. The number of nitrogens with zero attached hydrogens (tertiary/aromatic N) is 1. The van der Waals surface area contributed by atoms with Crippen molar-refractivity contribution in [2.45, 2.75) is 40.2 Å². The van der Waals surface area contributed by atoms with Gasteiger partial charge in [-0.15, -0.1) is 0 Å². The van der Waals surface area contributed by atoms with Gasteiger partial charge in [0.2, 0.25) is 11.7 Å². The summed E-state index contributed by atoms with van der Waals surface area (Å²) in [6.45, 7) is 7.72. The molecule has 146 valence electrons. The maximum Gasteiger partial charge on any atom is 0.312 e. The fourth-order valence-electron chi connectivity index (χ4n) is 3.48. The second-order valence-electron chi connectivity index (χ2n) is 7.50. The van der Waals surface area contributed by atoms with E-state index in [2.05, 4.69) is 0 Å². The molecular weight excluding hydrogens is 354 g/mol. The Morgan fingerprint density at radius 1 is 1.04 bits per heavy atom. The standard InChI is InChI=1S/C23H25NO4/c1-14-5-8-18(9-6-14)22(26)17(4)28-23(27)19-12-21(25)24(13-19)20-10-7-15(2)11-16(20)3/h5-11,17,19H,12-13H2,1-4H3/t17-,19-/m0/s1. The normalized spacial score (nSPS) is 17.5. The van der Waals surface area contributed by atoms with Gasteiger partial charge in [0.05, 0.1) is 5.92 Å². The highest BCUT2D eigenvalue weighted by Gasteiger charge is 2.37. The van der Waals surface area contributed by atoms with E-state index in [1.54, 1.807) is 24.0 Å². The zero-order valence-corrected chi connectivity index (χ0v) is 16.7. The molecule has 1 fully saturated rings.